The largest absolute Gasteiger partial charge is 0.311 e. The number of hydrogen-bond acceptors (Lipinski definition) is 3. The monoisotopic (exact) mass is 1130 g/mol. The smallest absolute Gasteiger partial charge is 0.264 e. The fourth-order valence-electron chi connectivity index (χ4n) is 16.5. The van der Waals surface area contributed by atoms with E-state index < -0.39 is 0 Å². The molecule has 3 heterocycles. The molecule has 0 amide bonds. The number of benzene rings is 7. The molecule has 5 aliphatic rings. The molecule has 8 aromatic rings. The fraction of sp³-hybridized carbons (Fsp3) is 0.421. The van der Waals surface area contributed by atoms with Crippen LogP contribution in [0.25, 0.3) is 32.3 Å². The third-order valence-corrected chi connectivity index (χ3v) is 24.4. The standard InChI is InChI=1S/C76H92B6N2S/c1-69(2,3)42-19-22-44(23-20-42)84-58-34-41(46-25-21-43(70(4,5)6)35-47(46)60-61(77)63(79)65(81)64(80)62(60)78)33-57-66(58)82(68-67(84)48-37-51-54(40-59(48)85-68)76(17,18)32-29-73(51,11)12)55-38-52-53(75(15,16)31-30-74(52,13)14)39-56(55)83(57)45-24-26-49-50(36-45)72(9,10)28-27-71(49,7)8/h19-26,33-40H,27-32,77-81H2,1-18H3. The van der Waals surface area contributed by atoms with Gasteiger partial charge in [-0.25, -0.2) is 0 Å². The van der Waals surface area contributed by atoms with Gasteiger partial charge in [0.05, 0.1) is 5.69 Å². The first-order valence-electron chi connectivity index (χ1n) is 32.5. The average Bonchev–Trinajstić information content (AvgIpc) is 1.93. The van der Waals surface area contributed by atoms with Gasteiger partial charge in [0.2, 0.25) is 0 Å². The molecule has 0 radical (unpaired) electrons. The van der Waals surface area contributed by atoms with E-state index in [1.54, 1.807) is 0 Å². The van der Waals surface area contributed by atoms with Gasteiger partial charge in [-0.3, -0.25) is 0 Å². The maximum atomic E-state index is 2.78. The van der Waals surface area contributed by atoms with Crippen LogP contribution in [0.4, 0.5) is 34.1 Å². The molecule has 0 atom stereocenters. The van der Waals surface area contributed by atoms with E-state index >= 15 is 0 Å². The van der Waals surface area contributed by atoms with Gasteiger partial charge in [-0.05, 0) is 214 Å². The molecule has 3 aliphatic carbocycles. The van der Waals surface area contributed by atoms with E-state index in [2.05, 4.69) is 282 Å². The molecule has 0 spiro atoms. The van der Waals surface area contributed by atoms with Crippen LogP contribution in [-0.4, -0.2) is 45.9 Å². The average molecular weight is 1130 g/mol. The van der Waals surface area contributed by atoms with Gasteiger partial charge in [0.15, 0.2) is 0 Å². The van der Waals surface area contributed by atoms with Crippen molar-refractivity contribution in [2.24, 2.45) is 0 Å². The summed E-state index contributed by atoms with van der Waals surface area (Å²) in [6.45, 7) is 44.2. The minimum absolute atomic E-state index is 0.00499. The van der Waals surface area contributed by atoms with E-state index in [0.717, 1.165) is 12.8 Å². The Morgan fingerprint density at radius 3 is 1.40 bits per heavy atom. The van der Waals surface area contributed by atoms with Crippen molar-refractivity contribution in [3.63, 3.8) is 0 Å². The molecule has 0 N–H and O–H groups in total. The molecule has 85 heavy (non-hydrogen) atoms. The third kappa shape index (κ3) is 8.87. The van der Waals surface area contributed by atoms with Crippen LogP contribution in [0.5, 0.6) is 0 Å². The van der Waals surface area contributed by atoms with Gasteiger partial charge in [-0.1, -0.05) is 178 Å². The second-order valence-electron chi connectivity index (χ2n) is 33.5. The maximum absolute atomic E-state index is 2.78. The van der Waals surface area contributed by atoms with Crippen LogP contribution in [0.1, 0.15) is 208 Å². The Bertz CT molecular complexity index is 4150. The van der Waals surface area contributed by atoms with Crippen LogP contribution >= 0.6 is 11.3 Å². The van der Waals surface area contributed by atoms with Crippen molar-refractivity contribution < 1.29 is 0 Å². The summed E-state index contributed by atoms with van der Waals surface area (Å²) in [6, 6.07) is 41.1. The normalized spacial score (nSPS) is 19.2. The quantitative estimate of drug-likeness (QED) is 0.162. The van der Waals surface area contributed by atoms with Gasteiger partial charge in [-0.2, -0.15) is 0 Å². The lowest BCUT2D eigenvalue weighted by Crippen LogP contribution is -2.61. The fourth-order valence-corrected chi connectivity index (χ4v) is 17.8. The first-order valence-corrected chi connectivity index (χ1v) is 33.3. The number of thiophene rings is 1. The van der Waals surface area contributed by atoms with Gasteiger partial charge < -0.3 is 9.80 Å². The molecule has 2 aliphatic heterocycles. The Kier molecular flexibility index (Phi) is 12.9. The lowest BCUT2D eigenvalue weighted by molar-refractivity contribution is 0.332. The highest BCUT2D eigenvalue weighted by Crippen LogP contribution is 2.56. The molecule has 7 aromatic carbocycles. The van der Waals surface area contributed by atoms with Crippen LogP contribution in [-0.2, 0) is 43.3 Å². The van der Waals surface area contributed by atoms with Crippen molar-refractivity contribution >= 4 is 145 Å². The summed E-state index contributed by atoms with van der Waals surface area (Å²) in [4.78, 5) is 5.55. The molecular weight excluding hydrogens is 1040 g/mol. The molecule has 9 heteroatoms. The number of nitrogens with zero attached hydrogens (tertiary/aromatic N) is 2. The highest BCUT2D eigenvalue weighted by atomic mass is 32.1. The third-order valence-electron chi connectivity index (χ3n) is 23.2. The zero-order chi connectivity index (χ0) is 61.2. The lowest BCUT2D eigenvalue weighted by Gasteiger charge is -2.47. The van der Waals surface area contributed by atoms with Crippen molar-refractivity contribution in [1.82, 2.24) is 0 Å². The summed E-state index contributed by atoms with van der Waals surface area (Å²) in [7, 11) is 11.8. The molecule has 0 saturated heterocycles. The van der Waals surface area contributed by atoms with Crippen molar-refractivity contribution in [3.05, 3.63) is 142 Å². The van der Waals surface area contributed by atoms with E-state index in [0.29, 0.717) is 0 Å². The molecular formula is C76H92B6N2S. The van der Waals surface area contributed by atoms with E-state index in [4.69, 9.17) is 0 Å². The van der Waals surface area contributed by atoms with E-state index in [1.165, 1.54) is 180 Å². The van der Waals surface area contributed by atoms with Crippen molar-refractivity contribution in [2.75, 3.05) is 9.80 Å². The second kappa shape index (κ2) is 18.8. The minimum Gasteiger partial charge on any atom is -0.311 e. The number of anilines is 6. The molecule has 430 valence electrons. The number of rotatable bonds is 4. The summed E-state index contributed by atoms with van der Waals surface area (Å²) in [5.74, 6) is 0. The Morgan fingerprint density at radius 1 is 0.412 bits per heavy atom. The Labute approximate surface area is 521 Å². The predicted molar refractivity (Wildman–Crippen MR) is 391 cm³/mol. The SMILES string of the molecule is Bc1c(B)c(B)c(-c2cc(C(C)(C)C)ccc2-c2cc3c4c(c2)N(c2ccc(C(C)(C)C)cc2)c2c(sc5cc6c(cc25)C(C)(C)CCC6(C)C)B4c2cc4c(cc2N3c2ccc3c(c2)C(C)(C)CCC3(C)C)C(C)(C)CCC4(C)C)c(B)c1B. The van der Waals surface area contributed by atoms with Gasteiger partial charge in [0, 0.05) is 43.3 Å². The highest BCUT2D eigenvalue weighted by Gasteiger charge is 2.50. The molecule has 0 unspecified atom stereocenters. The lowest BCUT2D eigenvalue weighted by atomic mass is 9.35. The van der Waals surface area contributed by atoms with E-state index in [9.17, 15) is 0 Å². The predicted octanol–water partition coefficient (Wildman–Crippen LogP) is 11.3. The summed E-state index contributed by atoms with van der Waals surface area (Å²) >= 11 is 2.08. The van der Waals surface area contributed by atoms with Crippen LogP contribution in [0.3, 0.4) is 0 Å². The summed E-state index contributed by atoms with van der Waals surface area (Å²) < 4.78 is 2.86. The zero-order valence-corrected chi connectivity index (χ0v) is 57.2. The molecule has 1 aromatic heterocycles. The highest BCUT2D eigenvalue weighted by molar-refractivity contribution is 7.33. The van der Waals surface area contributed by atoms with Crippen LogP contribution in [0.15, 0.2) is 97.1 Å². The first-order chi connectivity index (χ1) is 39.4. The minimum atomic E-state index is -0.0505. The molecule has 0 saturated carbocycles. The van der Waals surface area contributed by atoms with Gasteiger partial charge in [-0.15, -0.1) is 27.7 Å². The Morgan fingerprint density at radius 2 is 0.859 bits per heavy atom. The molecule has 0 fully saturated rings. The summed E-state index contributed by atoms with van der Waals surface area (Å²) in [5, 5.41) is 1.39. The zero-order valence-electron chi connectivity index (χ0n) is 56.4. The van der Waals surface area contributed by atoms with Crippen molar-refractivity contribution in [1.29, 1.82) is 0 Å². The number of hydrogen-bond donors (Lipinski definition) is 0. The summed E-state index contributed by atoms with van der Waals surface area (Å²) in [6.07, 6.45) is 7.04. The molecule has 2 nitrogen and oxygen atoms in total. The van der Waals surface area contributed by atoms with Crippen LogP contribution in [0, 0.1) is 0 Å². The van der Waals surface area contributed by atoms with Crippen LogP contribution < -0.4 is 52.8 Å². The first kappa shape index (κ1) is 58.5. The Hall–Kier alpha value is -5.51. The van der Waals surface area contributed by atoms with Crippen molar-refractivity contribution in [3.8, 4) is 22.3 Å². The van der Waals surface area contributed by atoms with Crippen LogP contribution in [0.2, 0.25) is 0 Å². The topological polar surface area (TPSA) is 6.48 Å². The number of fused-ring (bicyclic) bond motifs is 9. The van der Waals surface area contributed by atoms with E-state index in [1.807, 2.05) is 0 Å². The van der Waals surface area contributed by atoms with Gasteiger partial charge in [0.1, 0.15) is 39.2 Å². The summed E-state index contributed by atoms with van der Waals surface area (Å²) in [5.41, 5.74) is 34.8. The second-order valence-corrected chi connectivity index (χ2v) is 34.6. The molecule has 13 rings (SSSR count). The van der Waals surface area contributed by atoms with Gasteiger partial charge >= 0.3 is 0 Å². The van der Waals surface area contributed by atoms with E-state index in [-0.39, 0.29) is 50.0 Å². The maximum Gasteiger partial charge on any atom is 0.264 e. The molecule has 0 bridgehead atoms. The van der Waals surface area contributed by atoms with Crippen molar-refractivity contribution in [2.45, 2.75) is 206 Å². The van der Waals surface area contributed by atoms with Gasteiger partial charge in [0.25, 0.3) is 6.71 Å². The Balaban J connectivity index is 1.23.